The second-order valence-corrected chi connectivity index (χ2v) is 4.62. The standard InChI is InChI=1S/C8H17N5OS/c1-7(6-9-4-5-14-3)15-8-10-11-12-13(8)2/h7,9H,4-6H2,1-3H3. The molecule has 0 aliphatic rings. The van der Waals surface area contributed by atoms with Crippen molar-refractivity contribution in [2.24, 2.45) is 7.05 Å². The molecule has 0 aliphatic heterocycles. The zero-order chi connectivity index (χ0) is 11.1. The van der Waals surface area contributed by atoms with Crippen LogP contribution in [0.5, 0.6) is 0 Å². The molecule has 1 rings (SSSR count). The predicted octanol–water partition coefficient (Wildman–Crippen LogP) is -0.0733. The first-order chi connectivity index (χ1) is 7.24. The number of thioether (sulfide) groups is 1. The summed E-state index contributed by atoms with van der Waals surface area (Å²) in [5.74, 6) is 0. The third-order valence-electron chi connectivity index (χ3n) is 1.80. The lowest BCUT2D eigenvalue weighted by atomic mass is 10.4. The molecule has 7 heteroatoms. The van der Waals surface area contributed by atoms with Crippen molar-refractivity contribution in [1.29, 1.82) is 0 Å². The van der Waals surface area contributed by atoms with Crippen molar-refractivity contribution < 1.29 is 4.74 Å². The Labute approximate surface area is 93.8 Å². The lowest BCUT2D eigenvalue weighted by Crippen LogP contribution is -2.26. The number of nitrogens with zero attached hydrogens (tertiary/aromatic N) is 4. The number of aryl methyl sites for hydroxylation is 1. The van der Waals surface area contributed by atoms with Crippen molar-refractivity contribution in [3.63, 3.8) is 0 Å². The molecule has 0 radical (unpaired) electrons. The first kappa shape index (κ1) is 12.4. The summed E-state index contributed by atoms with van der Waals surface area (Å²) in [5.41, 5.74) is 0. The van der Waals surface area contributed by atoms with Crippen molar-refractivity contribution in [2.45, 2.75) is 17.3 Å². The average Bonchev–Trinajstić information content (AvgIpc) is 2.59. The van der Waals surface area contributed by atoms with Crippen molar-refractivity contribution in [2.75, 3.05) is 26.8 Å². The van der Waals surface area contributed by atoms with Crippen LogP contribution in [0.25, 0.3) is 0 Å². The molecule has 1 aromatic rings. The van der Waals surface area contributed by atoms with Crippen LogP contribution in [-0.2, 0) is 11.8 Å². The van der Waals surface area contributed by atoms with E-state index in [1.165, 1.54) is 0 Å². The maximum Gasteiger partial charge on any atom is 0.209 e. The number of methoxy groups -OCH3 is 1. The SMILES string of the molecule is COCCNCC(C)Sc1nnnn1C. The highest BCUT2D eigenvalue weighted by atomic mass is 32.2. The van der Waals surface area contributed by atoms with Gasteiger partial charge in [0.05, 0.1) is 6.61 Å². The zero-order valence-electron chi connectivity index (χ0n) is 9.30. The van der Waals surface area contributed by atoms with Crippen LogP contribution in [0.15, 0.2) is 5.16 Å². The Kier molecular flexibility index (Phi) is 5.59. The zero-order valence-corrected chi connectivity index (χ0v) is 10.1. The number of nitrogens with one attached hydrogen (secondary N) is 1. The van der Waals surface area contributed by atoms with Crippen molar-refractivity contribution >= 4 is 11.8 Å². The molecule has 1 aromatic heterocycles. The van der Waals surface area contributed by atoms with Gasteiger partial charge in [0.15, 0.2) is 0 Å². The molecule has 0 fully saturated rings. The van der Waals surface area contributed by atoms with Gasteiger partial charge in [-0.05, 0) is 10.4 Å². The highest BCUT2D eigenvalue weighted by Crippen LogP contribution is 2.18. The van der Waals surface area contributed by atoms with Gasteiger partial charge in [-0.15, -0.1) is 5.10 Å². The van der Waals surface area contributed by atoms with Gasteiger partial charge in [0, 0.05) is 32.5 Å². The molecule has 0 saturated carbocycles. The van der Waals surface area contributed by atoms with Crippen LogP contribution in [0, 0.1) is 0 Å². The fraction of sp³-hybridized carbons (Fsp3) is 0.875. The van der Waals surface area contributed by atoms with Gasteiger partial charge in [0.1, 0.15) is 0 Å². The quantitative estimate of drug-likeness (QED) is 0.523. The number of hydrogen-bond donors (Lipinski definition) is 1. The van der Waals surface area contributed by atoms with Crippen LogP contribution in [0.3, 0.4) is 0 Å². The van der Waals surface area contributed by atoms with Gasteiger partial charge in [0.25, 0.3) is 0 Å². The van der Waals surface area contributed by atoms with Crippen molar-refractivity contribution in [1.82, 2.24) is 25.5 Å². The summed E-state index contributed by atoms with van der Waals surface area (Å²) in [6.45, 7) is 4.67. The van der Waals surface area contributed by atoms with Gasteiger partial charge in [-0.3, -0.25) is 0 Å². The fourth-order valence-corrected chi connectivity index (χ4v) is 1.86. The maximum absolute atomic E-state index is 4.94. The molecule has 1 unspecified atom stereocenters. The van der Waals surface area contributed by atoms with Gasteiger partial charge in [-0.2, -0.15) is 0 Å². The molecular weight excluding hydrogens is 214 g/mol. The van der Waals surface area contributed by atoms with Crippen LogP contribution in [0.1, 0.15) is 6.92 Å². The highest BCUT2D eigenvalue weighted by Gasteiger charge is 2.08. The van der Waals surface area contributed by atoms with E-state index in [1.54, 1.807) is 23.6 Å². The minimum atomic E-state index is 0.437. The number of hydrogen-bond acceptors (Lipinski definition) is 6. The Hall–Kier alpha value is -0.660. The number of ether oxygens (including phenoxy) is 1. The molecule has 1 heterocycles. The Bertz CT molecular complexity index is 280. The second kappa shape index (κ2) is 6.76. The molecule has 0 saturated heterocycles. The normalized spacial score (nSPS) is 13.0. The van der Waals surface area contributed by atoms with Crippen LogP contribution in [-0.4, -0.2) is 52.3 Å². The van der Waals surface area contributed by atoms with Gasteiger partial charge in [0.2, 0.25) is 5.16 Å². The molecule has 0 aromatic carbocycles. The summed E-state index contributed by atoms with van der Waals surface area (Å²) < 4.78 is 6.62. The predicted molar refractivity (Wildman–Crippen MR) is 58.9 cm³/mol. The second-order valence-electron chi connectivity index (χ2n) is 3.21. The molecular formula is C8H17N5OS. The van der Waals surface area contributed by atoms with E-state index in [9.17, 15) is 0 Å². The van der Waals surface area contributed by atoms with E-state index in [2.05, 4.69) is 27.8 Å². The highest BCUT2D eigenvalue weighted by molar-refractivity contribution is 7.99. The third-order valence-corrected chi connectivity index (χ3v) is 2.93. The molecule has 1 atom stereocenters. The van der Waals surface area contributed by atoms with Gasteiger partial charge < -0.3 is 10.1 Å². The molecule has 6 nitrogen and oxygen atoms in total. The number of tetrazole rings is 1. The Balaban J connectivity index is 2.18. The minimum Gasteiger partial charge on any atom is -0.383 e. The Morgan fingerprint density at radius 2 is 2.40 bits per heavy atom. The number of aromatic nitrogens is 4. The van der Waals surface area contributed by atoms with Gasteiger partial charge in [-0.1, -0.05) is 18.7 Å². The summed E-state index contributed by atoms with van der Waals surface area (Å²) in [5, 5.41) is 15.8. The monoisotopic (exact) mass is 231 g/mol. The third kappa shape index (κ3) is 4.59. The van der Waals surface area contributed by atoms with E-state index in [-0.39, 0.29) is 0 Å². The summed E-state index contributed by atoms with van der Waals surface area (Å²) in [7, 11) is 3.54. The lowest BCUT2D eigenvalue weighted by molar-refractivity contribution is 0.199. The summed E-state index contributed by atoms with van der Waals surface area (Å²) in [6.07, 6.45) is 0. The van der Waals surface area contributed by atoms with E-state index >= 15 is 0 Å². The van der Waals surface area contributed by atoms with Crippen LogP contribution in [0.4, 0.5) is 0 Å². The van der Waals surface area contributed by atoms with E-state index in [4.69, 9.17) is 4.74 Å². The molecule has 0 bridgehead atoms. The minimum absolute atomic E-state index is 0.437. The van der Waals surface area contributed by atoms with E-state index < -0.39 is 0 Å². The lowest BCUT2D eigenvalue weighted by Gasteiger charge is -2.10. The Morgan fingerprint density at radius 3 is 3.00 bits per heavy atom. The van der Waals surface area contributed by atoms with Crippen LogP contribution < -0.4 is 5.32 Å². The largest absolute Gasteiger partial charge is 0.383 e. The molecule has 0 amide bonds. The summed E-state index contributed by atoms with van der Waals surface area (Å²) in [6, 6.07) is 0. The number of rotatable bonds is 7. The van der Waals surface area contributed by atoms with Gasteiger partial charge >= 0.3 is 0 Å². The molecule has 86 valence electrons. The Morgan fingerprint density at radius 1 is 1.60 bits per heavy atom. The van der Waals surface area contributed by atoms with E-state index in [1.807, 2.05) is 7.05 Å². The van der Waals surface area contributed by atoms with E-state index in [0.717, 1.165) is 24.9 Å². The van der Waals surface area contributed by atoms with Crippen molar-refractivity contribution in [3.05, 3.63) is 0 Å². The molecule has 1 N–H and O–H groups in total. The summed E-state index contributed by atoms with van der Waals surface area (Å²) in [4.78, 5) is 0. The first-order valence-corrected chi connectivity index (χ1v) is 5.70. The fourth-order valence-electron chi connectivity index (χ4n) is 1.02. The van der Waals surface area contributed by atoms with Crippen LogP contribution in [0.2, 0.25) is 0 Å². The topological polar surface area (TPSA) is 64.9 Å². The van der Waals surface area contributed by atoms with Crippen LogP contribution >= 0.6 is 11.8 Å². The molecule has 0 spiro atoms. The summed E-state index contributed by atoms with van der Waals surface area (Å²) >= 11 is 1.66. The van der Waals surface area contributed by atoms with E-state index in [0.29, 0.717) is 5.25 Å². The van der Waals surface area contributed by atoms with Gasteiger partial charge in [-0.25, -0.2) is 4.68 Å². The smallest absolute Gasteiger partial charge is 0.209 e. The molecule has 0 aliphatic carbocycles. The first-order valence-electron chi connectivity index (χ1n) is 4.82. The van der Waals surface area contributed by atoms with Crippen molar-refractivity contribution in [3.8, 4) is 0 Å². The molecule has 15 heavy (non-hydrogen) atoms. The average molecular weight is 231 g/mol. The maximum atomic E-state index is 4.94.